The quantitative estimate of drug-likeness (QED) is 0.129. The molecule has 62 heavy (non-hydrogen) atoms. The molecule has 0 N–H and O–H groups in total. The highest BCUT2D eigenvalue weighted by Gasteiger charge is 2.36. The highest BCUT2D eigenvalue weighted by Crippen LogP contribution is 2.46. The fraction of sp³-hybridized carbons (Fsp3) is 0.105. The first-order valence-electron chi connectivity index (χ1n) is 21.6. The highest BCUT2D eigenvalue weighted by molar-refractivity contribution is 7.85. The molecule has 1 aromatic heterocycles. The highest BCUT2D eigenvalue weighted by atomic mass is 31.2. The Morgan fingerprint density at radius 3 is 1.21 bits per heavy atom. The summed E-state index contributed by atoms with van der Waals surface area (Å²) in [7, 11) is -3.04. The van der Waals surface area contributed by atoms with Crippen molar-refractivity contribution in [2.75, 3.05) is 0 Å². The molecule has 0 spiro atoms. The summed E-state index contributed by atoms with van der Waals surface area (Å²) in [4.78, 5) is 15.3. The van der Waals surface area contributed by atoms with Gasteiger partial charge in [-0.1, -0.05) is 238 Å². The molecular formula is C57H46N3OP. The smallest absolute Gasteiger partial charge is 0.171 e. The van der Waals surface area contributed by atoms with Gasteiger partial charge in [-0.2, -0.15) is 0 Å². The van der Waals surface area contributed by atoms with Gasteiger partial charge in [0, 0.05) is 38.0 Å². The van der Waals surface area contributed by atoms with Crippen molar-refractivity contribution in [2.24, 2.45) is 0 Å². The van der Waals surface area contributed by atoms with Gasteiger partial charge in [-0.15, -0.1) is 0 Å². The summed E-state index contributed by atoms with van der Waals surface area (Å²) >= 11 is 0. The second-order valence-electron chi connectivity index (χ2n) is 16.2. The summed E-state index contributed by atoms with van der Waals surface area (Å²) in [5.41, 5.74) is 9.90. The maximum Gasteiger partial charge on any atom is 0.171 e. The van der Waals surface area contributed by atoms with Crippen molar-refractivity contribution in [3.63, 3.8) is 0 Å². The normalized spacial score (nSPS) is 13.7. The molecule has 300 valence electrons. The Hall–Kier alpha value is -7.00. The number of hydrogen-bond acceptors (Lipinski definition) is 4. The third-order valence-electron chi connectivity index (χ3n) is 12.6. The van der Waals surface area contributed by atoms with Gasteiger partial charge in [-0.25, -0.2) is 15.0 Å². The minimum absolute atomic E-state index is 0.0920. The Bertz CT molecular complexity index is 2920. The lowest BCUT2D eigenvalue weighted by molar-refractivity contribution is 0.346. The van der Waals surface area contributed by atoms with Crippen molar-refractivity contribution >= 4 is 23.1 Å². The molecule has 0 bridgehead atoms. The van der Waals surface area contributed by atoms with Crippen LogP contribution in [0.1, 0.15) is 43.2 Å². The van der Waals surface area contributed by atoms with Crippen LogP contribution in [0.5, 0.6) is 0 Å². The van der Waals surface area contributed by atoms with Gasteiger partial charge in [0.1, 0.15) is 0 Å². The van der Waals surface area contributed by atoms with E-state index in [-0.39, 0.29) is 5.41 Å². The molecule has 8 aromatic carbocycles. The Balaban J connectivity index is 0.971. The van der Waals surface area contributed by atoms with Gasteiger partial charge in [-0.05, 0) is 46.2 Å². The van der Waals surface area contributed by atoms with Crippen molar-refractivity contribution in [1.82, 2.24) is 15.0 Å². The number of hydrogen-bond donors (Lipinski definition) is 0. The van der Waals surface area contributed by atoms with Crippen molar-refractivity contribution in [1.29, 1.82) is 0 Å². The second-order valence-corrected chi connectivity index (χ2v) is 19.0. The predicted molar refractivity (Wildman–Crippen MR) is 257 cm³/mol. The van der Waals surface area contributed by atoms with Gasteiger partial charge >= 0.3 is 0 Å². The van der Waals surface area contributed by atoms with E-state index in [1.54, 1.807) is 0 Å². The second kappa shape index (κ2) is 17.2. The maximum absolute atomic E-state index is 15.0. The number of aromatic nitrogens is 3. The molecule has 0 saturated heterocycles. The minimum Gasteiger partial charge on any atom is -0.309 e. The van der Waals surface area contributed by atoms with E-state index in [2.05, 4.69) is 127 Å². The standard InChI is InChI=1S/C57H46N3OP/c61-62(49-22-10-3-11-23-49,50-24-12-4-13-25-50)51-38-32-43(33-39-51)42-28-34-47(35-29-42)57(40-16-5-17-41-57)48-36-30-46(31-37-48)55-58-54(45-20-8-2-9-21-45)59-56(60-55)53-27-15-14-26-52(53)44-18-6-1-7-19-44/h1-4,6-15,18-39H,5,16-17,40-41H2. The first-order valence-corrected chi connectivity index (χ1v) is 23.3. The zero-order chi connectivity index (χ0) is 41.8. The lowest BCUT2D eigenvalue weighted by Crippen LogP contribution is -2.30. The van der Waals surface area contributed by atoms with Crippen molar-refractivity contribution in [3.05, 3.63) is 230 Å². The van der Waals surface area contributed by atoms with Crippen LogP contribution in [0.15, 0.2) is 218 Å². The molecule has 1 aliphatic rings. The van der Waals surface area contributed by atoms with E-state index < -0.39 is 7.14 Å². The first kappa shape index (κ1) is 39.2. The van der Waals surface area contributed by atoms with Gasteiger partial charge in [-0.3, -0.25) is 0 Å². The van der Waals surface area contributed by atoms with E-state index in [9.17, 15) is 4.57 Å². The minimum atomic E-state index is -3.04. The van der Waals surface area contributed by atoms with E-state index in [0.29, 0.717) is 17.5 Å². The number of rotatable bonds is 10. The molecule has 0 amide bonds. The molecule has 0 radical (unpaired) electrons. The summed E-state index contributed by atoms with van der Waals surface area (Å²) < 4.78 is 15.0. The van der Waals surface area contributed by atoms with Crippen LogP contribution in [-0.4, -0.2) is 15.0 Å². The zero-order valence-corrected chi connectivity index (χ0v) is 35.4. The summed E-state index contributed by atoms with van der Waals surface area (Å²) in [5, 5.41) is 2.52. The predicted octanol–water partition coefficient (Wildman–Crippen LogP) is 13.1. The van der Waals surface area contributed by atoms with E-state index in [4.69, 9.17) is 15.0 Å². The van der Waals surface area contributed by atoms with E-state index in [0.717, 1.165) is 67.7 Å². The fourth-order valence-corrected chi connectivity index (χ4v) is 11.9. The molecule has 4 nitrogen and oxygen atoms in total. The topological polar surface area (TPSA) is 55.7 Å². The summed E-state index contributed by atoms with van der Waals surface area (Å²) in [6.07, 6.45) is 5.82. The summed E-state index contributed by atoms with van der Waals surface area (Å²) in [6.45, 7) is 0. The third-order valence-corrected chi connectivity index (χ3v) is 15.6. The van der Waals surface area contributed by atoms with Crippen LogP contribution in [0.25, 0.3) is 56.4 Å². The van der Waals surface area contributed by atoms with Crippen molar-refractivity contribution < 1.29 is 4.57 Å². The van der Waals surface area contributed by atoms with E-state index >= 15 is 0 Å². The zero-order valence-electron chi connectivity index (χ0n) is 34.5. The monoisotopic (exact) mass is 819 g/mol. The molecule has 0 atom stereocenters. The van der Waals surface area contributed by atoms with Crippen LogP contribution < -0.4 is 15.9 Å². The lowest BCUT2D eigenvalue weighted by Gasteiger charge is -2.39. The lowest BCUT2D eigenvalue weighted by atomic mass is 9.65. The van der Waals surface area contributed by atoms with Crippen LogP contribution in [-0.2, 0) is 9.98 Å². The molecule has 1 fully saturated rings. The number of benzene rings is 8. The maximum atomic E-state index is 15.0. The average molecular weight is 820 g/mol. The molecule has 10 rings (SSSR count). The van der Waals surface area contributed by atoms with Gasteiger partial charge < -0.3 is 4.57 Å². The summed E-state index contributed by atoms with van der Waals surface area (Å²) in [5.74, 6) is 1.95. The van der Waals surface area contributed by atoms with Crippen LogP contribution >= 0.6 is 7.14 Å². The van der Waals surface area contributed by atoms with Gasteiger partial charge in [0.05, 0.1) is 0 Å². The molecule has 1 aliphatic carbocycles. The fourth-order valence-electron chi connectivity index (χ4n) is 9.30. The largest absolute Gasteiger partial charge is 0.309 e. The molecule has 0 unspecified atom stereocenters. The van der Waals surface area contributed by atoms with E-state index in [1.807, 2.05) is 91.0 Å². The molecule has 9 aromatic rings. The molecule has 1 heterocycles. The van der Waals surface area contributed by atoms with Gasteiger partial charge in [0.15, 0.2) is 24.6 Å². The Morgan fingerprint density at radius 1 is 0.323 bits per heavy atom. The van der Waals surface area contributed by atoms with Crippen LogP contribution in [0.3, 0.4) is 0 Å². The van der Waals surface area contributed by atoms with Crippen LogP contribution in [0.4, 0.5) is 0 Å². The van der Waals surface area contributed by atoms with Crippen molar-refractivity contribution in [2.45, 2.75) is 37.5 Å². The Kier molecular flexibility index (Phi) is 10.8. The molecular weight excluding hydrogens is 774 g/mol. The average Bonchev–Trinajstić information content (AvgIpc) is 3.37. The molecule has 0 aliphatic heterocycles. The third kappa shape index (κ3) is 7.53. The Morgan fingerprint density at radius 2 is 0.694 bits per heavy atom. The van der Waals surface area contributed by atoms with Crippen LogP contribution in [0.2, 0.25) is 0 Å². The van der Waals surface area contributed by atoms with Crippen LogP contribution in [0, 0.1) is 0 Å². The van der Waals surface area contributed by atoms with E-state index in [1.165, 1.54) is 30.4 Å². The number of nitrogens with zero attached hydrogens (tertiary/aromatic N) is 3. The SMILES string of the molecule is O=P(c1ccccc1)(c1ccccc1)c1ccc(-c2ccc(C3(c4ccc(-c5nc(-c6ccccc6)nc(-c6ccccc6-c6ccccc6)n5)cc4)CCCCC3)cc2)cc1. The van der Waals surface area contributed by atoms with Crippen molar-refractivity contribution in [3.8, 4) is 56.4 Å². The summed E-state index contributed by atoms with van der Waals surface area (Å²) in [6, 6.07) is 75.2. The molecule has 1 saturated carbocycles. The Labute approximate surface area is 364 Å². The van der Waals surface area contributed by atoms with Gasteiger partial charge in [0.25, 0.3) is 0 Å². The first-order chi connectivity index (χ1) is 30.6. The van der Waals surface area contributed by atoms with Gasteiger partial charge in [0.2, 0.25) is 0 Å². The molecule has 5 heteroatoms.